The maximum atomic E-state index is 12.4. The van der Waals surface area contributed by atoms with Gasteiger partial charge in [-0.3, -0.25) is 14.2 Å². The number of rotatable bonds is 8. The number of ether oxygens (including phenoxy) is 1. The molecule has 0 radical (unpaired) electrons. The van der Waals surface area contributed by atoms with E-state index in [1.165, 1.54) is 35.3 Å². The van der Waals surface area contributed by atoms with Crippen molar-refractivity contribution in [2.75, 3.05) is 11.9 Å². The summed E-state index contributed by atoms with van der Waals surface area (Å²) in [5.41, 5.74) is 1.26. The number of sulfonamides is 1. The van der Waals surface area contributed by atoms with E-state index in [0.29, 0.717) is 16.1 Å². The van der Waals surface area contributed by atoms with Gasteiger partial charge >= 0.3 is 6.36 Å². The van der Waals surface area contributed by atoms with Crippen molar-refractivity contribution in [3.05, 3.63) is 65.4 Å². The molecule has 3 N–H and O–H groups in total. The average molecular weight is 503 g/mol. The number of hydrogen-bond acceptors (Lipinski definition) is 5. The van der Waals surface area contributed by atoms with E-state index in [4.69, 9.17) is 16.7 Å². The van der Waals surface area contributed by atoms with Crippen molar-refractivity contribution in [2.45, 2.75) is 24.2 Å². The molecule has 1 amide bonds. The van der Waals surface area contributed by atoms with Crippen LogP contribution < -0.4 is 10.5 Å². The number of primary sulfonamides is 1. The van der Waals surface area contributed by atoms with Crippen LogP contribution in [0.25, 0.3) is 11.1 Å². The third-order valence-electron chi connectivity index (χ3n) is 4.41. The lowest BCUT2D eigenvalue weighted by molar-refractivity contribution is -0.325. The van der Waals surface area contributed by atoms with Gasteiger partial charge in [-0.1, -0.05) is 35.9 Å². The Morgan fingerprint density at radius 1 is 1.21 bits per heavy atom. The normalized spacial score (nSPS) is 12.0. The van der Waals surface area contributed by atoms with Crippen LogP contribution in [-0.4, -0.2) is 37.1 Å². The summed E-state index contributed by atoms with van der Waals surface area (Å²) in [6.07, 6.45) is -2.14. The zero-order valence-electron chi connectivity index (χ0n) is 16.8. The zero-order chi connectivity index (χ0) is 24.2. The van der Waals surface area contributed by atoms with Gasteiger partial charge in [0, 0.05) is 28.0 Å². The number of nitrogens with zero attached hydrogens (tertiary/aromatic N) is 2. The molecule has 0 aliphatic rings. The number of nitrogens with one attached hydrogen (secondary N) is 1. The largest absolute Gasteiger partial charge is 0.522 e. The van der Waals surface area contributed by atoms with E-state index in [1.807, 2.05) is 0 Å². The quantitative estimate of drug-likeness (QED) is 0.488. The van der Waals surface area contributed by atoms with E-state index in [-0.39, 0.29) is 29.1 Å². The summed E-state index contributed by atoms with van der Waals surface area (Å²) in [6, 6.07) is 10.9. The van der Waals surface area contributed by atoms with Crippen molar-refractivity contribution in [1.29, 1.82) is 0 Å². The topological polar surface area (TPSA) is 116 Å². The first kappa shape index (κ1) is 24.7. The van der Waals surface area contributed by atoms with Gasteiger partial charge in [-0.25, -0.2) is 13.6 Å². The Balaban J connectivity index is 1.79. The molecular weight excluding hydrogens is 485 g/mol. The van der Waals surface area contributed by atoms with Crippen LogP contribution in [0.1, 0.15) is 5.56 Å². The number of aromatic nitrogens is 2. The minimum Gasteiger partial charge on any atom is -0.326 e. The lowest BCUT2D eigenvalue weighted by Crippen LogP contribution is -2.17. The number of carbonyl (C=O) groups excluding carboxylic acids is 1. The van der Waals surface area contributed by atoms with Gasteiger partial charge in [0.15, 0.2) is 0 Å². The Hall–Kier alpha value is -2.93. The second-order valence-corrected chi connectivity index (χ2v) is 8.80. The standard InChI is InChI=1S/C20H18ClF3N4O4S/c21-17-4-2-1-3-13(17)9-19(29)27-15-5-6-16(18(10-15)33(25,30)31)14-11-26-28(12-14)7-8-32-20(22,23)24/h1-6,10-12H,7-9H2,(H,27,29)(H2,25,30,31). The van der Waals surface area contributed by atoms with Gasteiger partial charge in [-0.2, -0.15) is 5.10 Å². The first-order chi connectivity index (χ1) is 15.4. The number of alkyl halides is 3. The number of carbonyl (C=O) groups is 1. The van der Waals surface area contributed by atoms with Crippen molar-refractivity contribution in [1.82, 2.24) is 9.78 Å². The van der Waals surface area contributed by atoms with Crippen LogP contribution in [0.3, 0.4) is 0 Å². The molecule has 8 nitrogen and oxygen atoms in total. The number of halogens is 4. The van der Waals surface area contributed by atoms with Gasteiger partial charge in [0.1, 0.15) is 0 Å². The molecule has 0 saturated carbocycles. The summed E-state index contributed by atoms with van der Waals surface area (Å²) in [5.74, 6) is -0.422. The van der Waals surface area contributed by atoms with E-state index < -0.39 is 28.9 Å². The Bertz CT molecular complexity index is 1260. The molecule has 1 heterocycles. The van der Waals surface area contributed by atoms with E-state index in [2.05, 4.69) is 15.2 Å². The summed E-state index contributed by atoms with van der Waals surface area (Å²) in [6.45, 7) is -0.872. The van der Waals surface area contributed by atoms with E-state index in [1.54, 1.807) is 24.3 Å². The second-order valence-electron chi connectivity index (χ2n) is 6.86. The SMILES string of the molecule is NS(=O)(=O)c1cc(NC(=O)Cc2ccccc2Cl)ccc1-c1cnn(CCOC(F)(F)F)c1. The van der Waals surface area contributed by atoms with Crippen molar-refractivity contribution in [3.8, 4) is 11.1 Å². The molecule has 0 aliphatic carbocycles. The van der Waals surface area contributed by atoms with E-state index in [9.17, 15) is 26.4 Å². The van der Waals surface area contributed by atoms with Gasteiger partial charge in [-0.05, 0) is 23.8 Å². The molecule has 1 aromatic heterocycles. The lowest BCUT2D eigenvalue weighted by Gasteiger charge is -2.11. The van der Waals surface area contributed by atoms with Crippen molar-refractivity contribution in [2.24, 2.45) is 5.14 Å². The summed E-state index contributed by atoms with van der Waals surface area (Å²) < 4.78 is 65.5. The van der Waals surface area contributed by atoms with Gasteiger partial charge < -0.3 is 5.32 Å². The third-order valence-corrected chi connectivity index (χ3v) is 5.73. The Morgan fingerprint density at radius 2 is 1.94 bits per heavy atom. The molecule has 0 spiro atoms. The zero-order valence-corrected chi connectivity index (χ0v) is 18.4. The maximum absolute atomic E-state index is 12.4. The molecule has 176 valence electrons. The molecule has 3 aromatic rings. The predicted molar refractivity (Wildman–Crippen MR) is 115 cm³/mol. The fourth-order valence-electron chi connectivity index (χ4n) is 2.97. The summed E-state index contributed by atoms with van der Waals surface area (Å²) in [5, 5.41) is 12.3. The van der Waals surface area contributed by atoms with Gasteiger partial charge in [-0.15, -0.1) is 13.2 Å². The predicted octanol–water partition coefficient (Wildman–Crippen LogP) is 3.57. The number of hydrogen-bond donors (Lipinski definition) is 2. The highest BCUT2D eigenvalue weighted by Crippen LogP contribution is 2.29. The fourth-order valence-corrected chi connectivity index (χ4v) is 3.96. The third kappa shape index (κ3) is 7.02. The van der Waals surface area contributed by atoms with E-state index in [0.717, 1.165) is 0 Å². The molecule has 0 bridgehead atoms. The van der Waals surface area contributed by atoms with Gasteiger partial charge in [0.2, 0.25) is 15.9 Å². The highest BCUT2D eigenvalue weighted by Gasteiger charge is 2.28. The summed E-state index contributed by atoms with van der Waals surface area (Å²) in [4.78, 5) is 12.1. The minimum atomic E-state index is -4.76. The average Bonchev–Trinajstić information content (AvgIpc) is 3.17. The Kier molecular flexibility index (Phi) is 7.42. The highest BCUT2D eigenvalue weighted by molar-refractivity contribution is 7.89. The number of nitrogens with two attached hydrogens (primary N) is 1. The van der Waals surface area contributed by atoms with Crippen LogP contribution in [0, 0.1) is 0 Å². The molecule has 13 heteroatoms. The van der Waals surface area contributed by atoms with Crippen LogP contribution >= 0.6 is 11.6 Å². The van der Waals surface area contributed by atoms with Crippen molar-refractivity contribution in [3.63, 3.8) is 0 Å². The van der Waals surface area contributed by atoms with Crippen LogP contribution in [0.5, 0.6) is 0 Å². The molecule has 0 atom stereocenters. The molecular formula is C20H18ClF3N4O4S. The lowest BCUT2D eigenvalue weighted by atomic mass is 10.1. The molecule has 3 rings (SSSR count). The molecule has 0 aliphatic heterocycles. The first-order valence-corrected chi connectivity index (χ1v) is 11.3. The number of anilines is 1. The van der Waals surface area contributed by atoms with Crippen LogP contribution in [0.2, 0.25) is 5.02 Å². The Labute approximate surface area is 192 Å². The smallest absolute Gasteiger partial charge is 0.326 e. The first-order valence-electron chi connectivity index (χ1n) is 9.36. The minimum absolute atomic E-state index is 0.0289. The molecule has 0 saturated heterocycles. The monoisotopic (exact) mass is 502 g/mol. The second kappa shape index (κ2) is 9.91. The number of amides is 1. The van der Waals surface area contributed by atoms with E-state index >= 15 is 0 Å². The summed E-state index contributed by atoms with van der Waals surface area (Å²) >= 11 is 6.05. The molecule has 2 aromatic carbocycles. The highest BCUT2D eigenvalue weighted by atomic mass is 35.5. The van der Waals surface area contributed by atoms with Gasteiger partial charge in [0.05, 0.1) is 30.7 Å². The molecule has 33 heavy (non-hydrogen) atoms. The fraction of sp³-hybridized carbons (Fsp3) is 0.200. The Morgan fingerprint density at radius 3 is 2.61 bits per heavy atom. The van der Waals surface area contributed by atoms with Crippen molar-refractivity contribution >= 4 is 33.2 Å². The van der Waals surface area contributed by atoms with Gasteiger partial charge in [0.25, 0.3) is 0 Å². The number of benzene rings is 2. The van der Waals surface area contributed by atoms with Crippen LogP contribution in [-0.2, 0) is 32.5 Å². The van der Waals surface area contributed by atoms with Crippen molar-refractivity contribution < 1.29 is 31.1 Å². The molecule has 0 unspecified atom stereocenters. The maximum Gasteiger partial charge on any atom is 0.522 e. The summed E-state index contributed by atoms with van der Waals surface area (Å²) in [7, 11) is -4.22. The van der Waals surface area contributed by atoms with Crippen LogP contribution in [0.4, 0.5) is 18.9 Å². The van der Waals surface area contributed by atoms with Crippen LogP contribution in [0.15, 0.2) is 59.8 Å². The molecule has 0 fully saturated rings.